The number of rotatable bonds is 5. The van der Waals surface area contributed by atoms with Crippen LogP contribution in [-0.2, 0) is 4.79 Å². The van der Waals surface area contributed by atoms with E-state index in [1.54, 1.807) is 43.3 Å². The molecule has 0 saturated heterocycles. The molecule has 0 aliphatic carbocycles. The van der Waals surface area contributed by atoms with Crippen LogP contribution in [0.3, 0.4) is 0 Å². The number of nitriles is 3. The van der Waals surface area contributed by atoms with E-state index >= 15 is 0 Å². The molecule has 0 spiro atoms. The molecule has 0 fully saturated rings. The van der Waals surface area contributed by atoms with Crippen molar-refractivity contribution in [3.63, 3.8) is 0 Å². The van der Waals surface area contributed by atoms with E-state index in [2.05, 4.69) is 10.6 Å². The van der Waals surface area contributed by atoms with Gasteiger partial charge in [-0.25, -0.2) is 0 Å². The Morgan fingerprint density at radius 1 is 1.18 bits per heavy atom. The standard InChI is InChI=1S/C15H13N5O2/c1-3-15(21)20-12-5-4-11(6-14(12)22-2)19-13(9-18)10(7-16)8-17/h4-6,19H,3H2,1-2H3,(H,20,21). The van der Waals surface area contributed by atoms with Crippen molar-refractivity contribution in [1.82, 2.24) is 0 Å². The second-order valence-corrected chi connectivity index (χ2v) is 4.03. The summed E-state index contributed by atoms with van der Waals surface area (Å²) < 4.78 is 5.18. The van der Waals surface area contributed by atoms with Crippen molar-refractivity contribution in [2.45, 2.75) is 13.3 Å². The third kappa shape index (κ3) is 4.00. The van der Waals surface area contributed by atoms with Crippen LogP contribution in [0.5, 0.6) is 5.75 Å². The van der Waals surface area contributed by atoms with Crippen LogP contribution in [0.4, 0.5) is 11.4 Å². The second kappa shape index (κ2) is 7.94. The number of allylic oxidation sites excluding steroid dienone is 2. The molecule has 0 aromatic heterocycles. The van der Waals surface area contributed by atoms with Gasteiger partial charge in [0, 0.05) is 18.2 Å². The fourth-order valence-electron chi connectivity index (χ4n) is 1.54. The third-order valence-corrected chi connectivity index (χ3v) is 2.65. The van der Waals surface area contributed by atoms with Crippen LogP contribution in [0, 0.1) is 34.0 Å². The Morgan fingerprint density at radius 3 is 2.36 bits per heavy atom. The van der Waals surface area contributed by atoms with Gasteiger partial charge in [0.25, 0.3) is 0 Å². The van der Waals surface area contributed by atoms with Crippen LogP contribution in [-0.4, -0.2) is 13.0 Å². The zero-order valence-corrected chi connectivity index (χ0v) is 12.1. The van der Waals surface area contributed by atoms with Crippen molar-refractivity contribution in [1.29, 1.82) is 15.8 Å². The van der Waals surface area contributed by atoms with Gasteiger partial charge in [0.15, 0.2) is 5.57 Å². The summed E-state index contributed by atoms with van der Waals surface area (Å²) in [7, 11) is 1.44. The molecule has 110 valence electrons. The fourth-order valence-corrected chi connectivity index (χ4v) is 1.54. The summed E-state index contributed by atoms with van der Waals surface area (Å²) in [5.41, 5.74) is 0.469. The van der Waals surface area contributed by atoms with E-state index in [1.807, 2.05) is 0 Å². The zero-order chi connectivity index (χ0) is 16.5. The van der Waals surface area contributed by atoms with Crippen LogP contribution >= 0.6 is 0 Å². The Bertz CT molecular complexity index is 716. The van der Waals surface area contributed by atoms with Crippen molar-refractivity contribution in [3.8, 4) is 24.0 Å². The number of anilines is 2. The predicted molar refractivity (Wildman–Crippen MR) is 79.4 cm³/mol. The monoisotopic (exact) mass is 295 g/mol. The van der Waals surface area contributed by atoms with E-state index in [0.717, 1.165) is 0 Å². The van der Waals surface area contributed by atoms with Gasteiger partial charge in [-0.05, 0) is 12.1 Å². The number of hydrogen-bond donors (Lipinski definition) is 2. The van der Waals surface area contributed by atoms with Gasteiger partial charge >= 0.3 is 0 Å². The number of methoxy groups -OCH3 is 1. The largest absolute Gasteiger partial charge is 0.494 e. The lowest BCUT2D eigenvalue weighted by atomic mass is 10.2. The number of carbonyl (C=O) groups is 1. The van der Waals surface area contributed by atoms with Crippen molar-refractivity contribution in [3.05, 3.63) is 29.5 Å². The van der Waals surface area contributed by atoms with Crippen LogP contribution < -0.4 is 15.4 Å². The van der Waals surface area contributed by atoms with Crippen molar-refractivity contribution in [2.75, 3.05) is 17.7 Å². The Kier molecular flexibility index (Phi) is 5.97. The van der Waals surface area contributed by atoms with Crippen molar-refractivity contribution >= 4 is 17.3 Å². The molecule has 0 aliphatic rings. The molecule has 0 radical (unpaired) electrons. The normalized spacial score (nSPS) is 8.68. The molecule has 1 aromatic carbocycles. The van der Waals surface area contributed by atoms with E-state index in [1.165, 1.54) is 7.11 Å². The third-order valence-electron chi connectivity index (χ3n) is 2.65. The number of amides is 1. The van der Waals surface area contributed by atoms with E-state index in [0.29, 0.717) is 23.5 Å². The number of nitrogens with one attached hydrogen (secondary N) is 2. The predicted octanol–water partition coefficient (Wildman–Crippen LogP) is 2.28. The zero-order valence-electron chi connectivity index (χ0n) is 12.1. The summed E-state index contributed by atoms with van der Waals surface area (Å²) in [6.07, 6.45) is 0.332. The van der Waals surface area contributed by atoms with E-state index < -0.39 is 0 Å². The lowest BCUT2D eigenvalue weighted by Gasteiger charge is -2.12. The van der Waals surface area contributed by atoms with Crippen LogP contribution in [0.2, 0.25) is 0 Å². The molecule has 0 unspecified atom stereocenters. The summed E-state index contributed by atoms with van der Waals surface area (Å²) in [6.45, 7) is 1.73. The number of benzene rings is 1. The minimum absolute atomic E-state index is 0.155. The molecule has 1 aromatic rings. The summed E-state index contributed by atoms with van der Waals surface area (Å²) >= 11 is 0. The summed E-state index contributed by atoms with van der Waals surface area (Å²) in [6, 6.07) is 9.79. The van der Waals surface area contributed by atoms with Crippen LogP contribution in [0.1, 0.15) is 13.3 Å². The van der Waals surface area contributed by atoms with Crippen LogP contribution in [0.15, 0.2) is 29.5 Å². The van der Waals surface area contributed by atoms with Gasteiger partial charge in [0.2, 0.25) is 5.91 Å². The first-order chi connectivity index (χ1) is 10.6. The molecule has 0 aliphatic heterocycles. The molecule has 1 rings (SSSR count). The fraction of sp³-hybridized carbons (Fsp3) is 0.200. The van der Waals surface area contributed by atoms with Gasteiger partial charge < -0.3 is 15.4 Å². The van der Waals surface area contributed by atoms with E-state index in [4.69, 9.17) is 20.5 Å². The average molecular weight is 295 g/mol. The number of hydrogen-bond acceptors (Lipinski definition) is 6. The minimum Gasteiger partial charge on any atom is -0.494 e. The van der Waals surface area contributed by atoms with Gasteiger partial charge in [0.1, 0.15) is 29.7 Å². The molecular weight excluding hydrogens is 282 g/mol. The first-order valence-electron chi connectivity index (χ1n) is 6.29. The molecule has 22 heavy (non-hydrogen) atoms. The molecule has 7 heteroatoms. The first kappa shape index (κ1) is 16.6. The maximum atomic E-state index is 11.4. The molecule has 0 atom stereocenters. The number of carbonyl (C=O) groups excluding carboxylic acids is 1. The maximum Gasteiger partial charge on any atom is 0.224 e. The van der Waals surface area contributed by atoms with E-state index in [-0.39, 0.29) is 17.2 Å². The van der Waals surface area contributed by atoms with Crippen LogP contribution in [0.25, 0.3) is 0 Å². The van der Waals surface area contributed by atoms with Gasteiger partial charge in [-0.15, -0.1) is 0 Å². The average Bonchev–Trinajstić information content (AvgIpc) is 2.55. The second-order valence-electron chi connectivity index (χ2n) is 4.03. The number of nitrogens with zero attached hydrogens (tertiary/aromatic N) is 3. The highest BCUT2D eigenvalue weighted by Crippen LogP contribution is 2.28. The molecule has 0 bridgehead atoms. The smallest absolute Gasteiger partial charge is 0.224 e. The molecule has 7 nitrogen and oxygen atoms in total. The van der Waals surface area contributed by atoms with Crippen molar-refractivity contribution in [2.24, 2.45) is 0 Å². The van der Waals surface area contributed by atoms with Gasteiger partial charge in [-0.1, -0.05) is 6.92 Å². The number of ether oxygens (including phenoxy) is 1. The van der Waals surface area contributed by atoms with Crippen molar-refractivity contribution < 1.29 is 9.53 Å². The quantitative estimate of drug-likeness (QED) is 0.803. The highest BCUT2D eigenvalue weighted by Gasteiger charge is 2.10. The van der Waals surface area contributed by atoms with Gasteiger partial charge in [-0.3, -0.25) is 4.79 Å². The summed E-state index contributed by atoms with van der Waals surface area (Å²) in [5, 5.41) is 31.9. The van der Waals surface area contributed by atoms with E-state index in [9.17, 15) is 4.79 Å². The molecule has 0 heterocycles. The lowest BCUT2D eigenvalue weighted by Crippen LogP contribution is -2.10. The maximum absolute atomic E-state index is 11.4. The highest BCUT2D eigenvalue weighted by atomic mass is 16.5. The molecule has 1 amide bonds. The topological polar surface area (TPSA) is 122 Å². The van der Waals surface area contributed by atoms with Gasteiger partial charge in [-0.2, -0.15) is 15.8 Å². The Balaban J connectivity index is 3.13. The first-order valence-corrected chi connectivity index (χ1v) is 6.29. The molecule has 2 N–H and O–H groups in total. The molecular formula is C15H13N5O2. The molecule has 0 saturated carbocycles. The SMILES string of the molecule is CCC(=O)Nc1ccc(NC(C#N)=C(C#N)C#N)cc1OC. The Labute approximate surface area is 128 Å². The summed E-state index contributed by atoms with van der Waals surface area (Å²) in [4.78, 5) is 11.4. The summed E-state index contributed by atoms with van der Waals surface area (Å²) in [5.74, 6) is 0.229. The Morgan fingerprint density at radius 2 is 1.86 bits per heavy atom. The lowest BCUT2D eigenvalue weighted by molar-refractivity contribution is -0.115. The Hall–Kier alpha value is -3.50. The van der Waals surface area contributed by atoms with Gasteiger partial charge in [0.05, 0.1) is 12.8 Å². The minimum atomic E-state index is -0.315. The highest BCUT2D eigenvalue weighted by molar-refractivity contribution is 5.92.